The van der Waals surface area contributed by atoms with E-state index in [0.717, 1.165) is 5.69 Å². The van der Waals surface area contributed by atoms with E-state index < -0.39 is 5.41 Å². The summed E-state index contributed by atoms with van der Waals surface area (Å²) in [6.07, 6.45) is 0. The highest BCUT2D eigenvalue weighted by atomic mass is 32.1. The summed E-state index contributed by atoms with van der Waals surface area (Å²) in [7, 11) is 1.58. The number of amides is 1. The van der Waals surface area contributed by atoms with E-state index in [1.165, 1.54) is 0 Å². The van der Waals surface area contributed by atoms with Gasteiger partial charge in [0.25, 0.3) is 0 Å². The van der Waals surface area contributed by atoms with Gasteiger partial charge < -0.3 is 21.5 Å². The summed E-state index contributed by atoms with van der Waals surface area (Å²) >= 11 is 4.99. The molecule has 0 bridgehead atoms. The van der Waals surface area contributed by atoms with Crippen molar-refractivity contribution in [2.24, 2.45) is 16.9 Å². The van der Waals surface area contributed by atoms with Crippen molar-refractivity contribution >= 4 is 28.8 Å². The van der Waals surface area contributed by atoms with Crippen molar-refractivity contribution in [1.29, 1.82) is 0 Å². The summed E-state index contributed by atoms with van der Waals surface area (Å²) in [4.78, 5) is 11.6. The number of rotatable bonds is 6. The third-order valence-corrected chi connectivity index (χ3v) is 3.10. The van der Waals surface area contributed by atoms with Crippen LogP contribution in [0, 0.1) is 5.41 Å². The average Bonchev–Trinajstić information content (AvgIpc) is 2.35. The van der Waals surface area contributed by atoms with Crippen molar-refractivity contribution in [3.8, 4) is 5.75 Å². The van der Waals surface area contributed by atoms with E-state index in [1.54, 1.807) is 39.2 Å². The van der Waals surface area contributed by atoms with Crippen LogP contribution in [-0.2, 0) is 4.79 Å². The van der Waals surface area contributed by atoms with E-state index in [0.29, 0.717) is 17.9 Å². The van der Waals surface area contributed by atoms with E-state index >= 15 is 0 Å². The molecule has 19 heavy (non-hydrogen) atoms. The number of carbonyl (C=O) groups is 1. The zero-order valence-corrected chi connectivity index (χ0v) is 12.1. The lowest BCUT2D eigenvalue weighted by Crippen LogP contribution is -2.37. The highest BCUT2D eigenvalue weighted by Crippen LogP contribution is 2.24. The molecule has 0 aliphatic heterocycles. The molecule has 0 heterocycles. The molecule has 6 heteroatoms. The number of benzene rings is 1. The maximum absolute atomic E-state index is 11.3. The zero-order chi connectivity index (χ0) is 14.6. The van der Waals surface area contributed by atoms with Gasteiger partial charge in [0.05, 0.1) is 12.5 Å². The Kier molecular flexibility index (Phi) is 4.72. The van der Waals surface area contributed by atoms with Crippen molar-refractivity contribution in [3.05, 3.63) is 23.8 Å². The number of carbonyl (C=O) groups excluding carboxylic acids is 1. The van der Waals surface area contributed by atoms with E-state index in [-0.39, 0.29) is 10.9 Å². The molecular weight excluding hydrogens is 262 g/mol. The summed E-state index contributed by atoms with van der Waals surface area (Å²) in [5, 5.41) is 3.14. The number of primary amides is 1. The maximum Gasteiger partial charge on any atom is 0.224 e. The predicted octanol–water partition coefficient (Wildman–Crippen LogP) is 1.25. The zero-order valence-electron chi connectivity index (χ0n) is 11.3. The second-order valence-corrected chi connectivity index (χ2v) is 5.32. The Morgan fingerprint density at radius 1 is 1.42 bits per heavy atom. The molecule has 0 saturated heterocycles. The Morgan fingerprint density at radius 2 is 2.05 bits per heavy atom. The lowest BCUT2D eigenvalue weighted by Gasteiger charge is -2.22. The van der Waals surface area contributed by atoms with Gasteiger partial charge in [-0.3, -0.25) is 4.79 Å². The van der Waals surface area contributed by atoms with Crippen molar-refractivity contribution in [3.63, 3.8) is 0 Å². The van der Waals surface area contributed by atoms with Crippen LogP contribution in [0.25, 0.3) is 0 Å². The molecule has 0 aliphatic carbocycles. The minimum atomic E-state index is -0.670. The van der Waals surface area contributed by atoms with Crippen LogP contribution in [0.1, 0.15) is 19.4 Å². The number of ether oxygens (including phenoxy) is 1. The van der Waals surface area contributed by atoms with Crippen LogP contribution in [0.3, 0.4) is 0 Å². The van der Waals surface area contributed by atoms with Crippen LogP contribution in [0.2, 0.25) is 0 Å². The topological polar surface area (TPSA) is 90.4 Å². The summed E-state index contributed by atoms with van der Waals surface area (Å²) in [6, 6.07) is 5.34. The quantitative estimate of drug-likeness (QED) is 0.683. The molecule has 1 amide bonds. The van der Waals surface area contributed by atoms with E-state index in [9.17, 15) is 4.79 Å². The van der Waals surface area contributed by atoms with Gasteiger partial charge in [-0.15, -0.1) is 0 Å². The highest BCUT2D eigenvalue weighted by molar-refractivity contribution is 7.80. The molecule has 1 aromatic carbocycles. The molecule has 5 nitrogen and oxygen atoms in total. The first-order valence-corrected chi connectivity index (χ1v) is 6.20. The number of hydrogen-bond donors (Lipinski definition) is 3. The average molecular weight is 281 g/mol. The van der Waals surface area contributed by atoms with Gasteiger partial charge in [0.15, 0.2) is 0 Å². The number of anilines is 1. The van der Waals surface area contributed by atoms with E-state index in [1.807, 2.05) is 0 Å². The van der Waals surface area contributed by atoms with Crippen LogP contribution in [0.4, 0.5) is 5.69 Å². The van der Waals surface area contributed by atoms with Gasteiger partial charge in [0.1, 0.15) is 10.7 Å². The fourth-order valence-electron chi connectivity index (χ4n) is 1.41. The van der Waals surface area contributed by atoms with Gasteiger partial charge in [-0.05, 0) is 26.0 Å². The van der Waals surface area contributed by atoms with Crippen molar-refractivity contribution < 1.29 is 9.53 Å². The lowest BCUT2D eigenvalue weighted by molar-refractivity contribution is -0.125. The van der Waals surface area contributed by atoms with Crippen molar-refractivity contribution in [1.82, 2.24) is 0 Å². The Balaban J connectivity index is 2.98. The second kappa shape index (κ2) is 5.88. The standard InChI is InChI=1S/C13H19N3O2S/c1-13(2,12(15)17)7-16-10-6-8(18-3)4-5-9(10)11(14)19/h4-6,16H,7H2,1-3H3,(H2,14,19)(H2,15,17). The Bertz CT molecular complexity index is 501. The van der Waals surface area contributed by atoms with Gasteiger partial charge in [0.2, 0.25) is 5.91 Å². The van der Waals surface area contributed by atoms with Crippen LogP contribution >= 0.6 is 12.2 Å². The SMILES string of the molecule is COc1ccc(C(N)=S)c(NCC(C)(C)C(N)=O)c1. The molecule has 0 unspecified atom stereocenters. The molecule has 5 N–H and O–H groups in total. The first kappa shape index (κ1) is 15.2. The van der Waals surface area contributed by atoms with E-state index in [2.05, 4.69) is 5.32 Å². The minimum Gasteiger partial charge on any atom is -0.497 e. The molecular formula is C13H19N3O2S. The second-order valence-electron chi connectivity index (χ2n) is 4.88. The molecule has 0 aromatic heterocycles. The van der Waals surface area contributed by atoms with Crippen LogP contribution in [0.15, 0.2) is 18.2 Å². The highest BCUT2D eigenvalue weighted by Gasteiger charge is 2.25. The largest absolute Gasteiger partial charge is 0.497 e. The lowest BCUT2D eigenvalue weighted by atomic mass is 9.92. The molecule has 104 valence electrons. The monoisotopic (exact) mass is 281 g/mol. The number of nitrogens with two attached hydrogens (primary N) is 2. The van der Waals surface area contributed by atoms with Gasteiger partial charge in [0, 0.05) is 23.9 Å². The Labute approximate surface area is 118 Å². The third kappa shape index (κ3) is 3.82. The van der Waals surface area contributed by atoms with E-state index in [4.69, 9.17) is 28.4 Å². The molecule has 1 rings (SSSR count). The van der Waals surface area contributed by atoms with Crippen molar-refractivity contribution in [2.45, 2.75) is 13.8 Å². The van der Waals surface area contributed by atoms with Gasteiger partial charge in [-0.2, -0.15) is 0 Å². The molecule has 0 spiro atoms. The Morgan fingerprint density at radius 3 is 2.53 bits per heavy atom. The van der Waals surface area contributed by atoms with Gasteiger partial charge in [-0.1, -0.05) is 12.2 Å². The first-order valence-electron chi connectivity index (χ1n) is 5.79. The number of hydrogen-bond acceptors (Lipinski definition) is 4. The summed E-state index contributed by atoms with van der Waals surface area (Å²) in [5.74, 6) is 0.305. The molecule has 0 saturated carbocycles. The number of methoxy groups -OCH3 is 1. The number of nitrogens with one attached hydrogen (secondary N) is 1. The predicted molar refractivity (Wildman–Crippen MR) is 80.3 cm³/mol. The number of thiocarbonyl (C=S) groups is 1. The van der Waals surface area contributed by atoms with Crippen LogP contribution in [0.5, 0.6) is 5.75 Å². The summed E-state index contributed by atoms with van der Waals surface area (Å²) in [5.41, 5.74) is 11.8. The fraction of sp³-hybridized carbons (Fsp3) is 0.385. The van der Waals surface area contributed by atoms with Gasteiger partial charge in [-0.25, -0.2) is 0 Å². The molecule has 0 radical (unpaired) electrons. The summed E-state index contributed by atoms with van der Waals surface area (Å²) in [6.45, 7) is 3.91. The minimum absolute atomic E-state index is 0.280. The third-order valence-electron chi connectivity index (χ3n) is 2.88. The maximum atomic E-state index is 11.3. The van der Waals surface area contributed by atoms with Gasteiger partial charge >= 0.3 is 0 Å². The normalized spacial score (nSPS) is 10.9. The van der Waals surface area contributed by atoms with Crippen LogP contribution in [-0.4, -0.2) is 24.6 Å². The Hall–Kier alpha value is -1.82. The molecule has 0 fully saturated rings. The smallest absolute Gasteiger partial charge is 0.224 e. The fourth-order valence-corrected chi connectivity index (χ4v) is 1.59. The molecule has 0 aliphatic rings. The first-order chi connectivity index (χ1) is 8.77. The van der Waals surface area contributed by atoms with Crippen molar-refractivity contribution in [2.75, 3.05) is 19.0 Å². The van der Waals surface area contributed by atoms with Crippen LogP contribution < -0.4 is 21.5 Å². The molecule has 1 aromatic rings. The molecule has 0 atom stereocenters. The summed E-state index contributed by atoms with van der Waals surface area (Å²) < 4.78 is 5.15.